The number of halogens is 2. The lowest BCUT2D eigenvalue weighted by molar-refractivity contribution is 0.169. The Morgan fingerprint density at radius 2 is 1.56 bits per heavy atom. The molecule has 0 spiro atoms. The highest BCUT2D eigenvalue weighted by atomic mass is 79.9. The van der Waals surface area contributed by atoms with Crippen LogP contribution in [0.2, 0.25) is 0 Å². The second kappa shape index (κ2) is 7.66. The van der Waals surface area contributed by atoms with Crippen molar-refractivity contribution in [2.45, 2.75) is 19.6 Å². The minimum Gasteiger partial charge on any atom is -0.389 e. The number of hydrogen-bond donors (Lipinski definition) is 2. The first-order valence-corrected chi connectivity index (χ1v) is 10.5. The summed E-state index contributed by atoms with van der Waals surface area (Å²) < 4.78 is 4.30. The molecule has 0 radical (unpaired) electrons. The van der Waals surface area contributed by atoms with Crippen molar-refractivity contribution in [2.75, 3.05) is 11.9 Å². The Morgan fingerprint density at radius 1 is 0.926 bits per heavy atom. The van der Waals surface area contributed by atoms with Crippen LogP contribution >= 0.6 is 31.9 Å². The van der Waals surface area contributed by atoms with Crippen LogP contribution in [-0.2, 0) is 6.54 Å². The number of nitrogens with one attached hydrogen (secondary N) is 1. The highest BCUT2D eigenvalue weighted by Crippen LogP contribution is 2.33. The zero-order valence-electron chi connectivity index (χ0n) is 14.9. The molecule has 0 aliphatic carbocycles. The van der Waals surface area contributed by atoms with Gasteiger partial charge in [-0.05, 0) is 61.0 Å². The summed E-state index contributed by atoms with van der Waals surface area (Å²) in [5, 5.41) is 16.4. The minimum atomic E-state index is -0.503. The van der Waals surface area contributed by atoms with Crippen molar-refractivity contribution in [3.63, 3.8) is 0 Å². The van der Waals surface area contributed by atoms with Gasteiger partial charge < -0.3 is 15.0 Å². The van der Waals surface area contributed by atoms with E-state index in [1.165, 1.54) is 16.3 Å². The Kier molecular flexibility index (Phi) is 5.26. The number of aliphatic hydroxyl groups excluding tert-OH is 1. The molecule has 5 heteroatoms. The maximum atomic E-state index is 10.7. The molecule has 0 fully saturated rings. The smallest absolute Gasteiger partial charge is 0.0891 e. The quantitative estimate of drug-likeness (QED) is 0.356. The van der Waals surface area contributed by atoms with E-state index < -0.39 is 6.10 Å². The van der Waals surface area contributed by atoms with Crippen molar-refractivity contribution in [2.24, 2.45) is 0 Å². The molecule has 4 aromatic rings. The second-order valence-electron chi connectivity index (χ2n) is 6.84. The molecule has 0 aliphatic rings. The molecular formula is C22H20Br2N2O. The number of benzene rings is 3. The molecule has 1 atom stereocenters. The van der Waals surface area contributed by atoms with Gasteiger partial charge >= 0.3 is 0 Å². The van der Waals surface area contributed by atoms with Gasteiger partial charge in [0.1, 0.15) is 0 Å². The van der Waals surface area contributed by atoms with E-state index in [9.17, 15) is 5.11 Å². The van der Waals surface area contributed by atoms with Crippen molar-refractivity contribution in [1.82, 2.24) is 4.57 Å². The van der Waals surface area contributed by atoms with Crippen LogP contribution in [0.4, 0.5) is 5.69 Å². The van der Waals surface area contributed by atoms with E-state index in [0.29, 0.717) is 13.1 Å². The van der Waals surface area contributed by atoms with Gasteiger partial charge in [0, 0.05) is 43.0 Å². The SMILES string of the molecule is Cc1cccc(NC[C@H](O)Cn2c3ccc(Br)cc3c3cc(Br)ccc32)c1. The highest BCUT2D eigenvalue weighted by Gasteiger charge is 2.14. The standard InChI is InChI=1S/C22H20Br2N2O/c1-14-3-2-4-17(9-14)25-12-18(27)13-26-21-7-5-15(23)10-19(21)20-11-16(24)6-8-22(20)26/h2-11,18,25,27H,12-13H2,1H3/t18-/m0/s1. The Hall–Kier alpha value is -1.82. The predicted octanol–water partition coefficient (Wildman–Crippen LogP) is 6.10. The molecule has 3 nitrogen and oxygen atoms in total. The fraction of sp³-hybridized carbons (Fsp3) is 0.182. The van der Waals surface area contributed by atoms with E-state index in [1.54, 1.807) is 0 Å². The van der Waals surface area contributed by atoms with Gasteiger partial charge in [-0.15, -0.1) is 0 Å². The number of rotatable bonds is 5. The monoisotopic (exact) mass is 486 g/mol. The molecule has 1 heterocycles. The highest BCUT2D eigenvalue weighted by molar-refractivity contribution is 9.10. The van der Waals surface area contributed by atoms with E-state index in [4.69, 9.17) is 0 Å². The van der Waals surface area contributed by atoms with Crippen molar-refractivity contribution < 1.29 is 5.11 Å². The van der Waals surface area contributed by atoms with E-state index in [-0.39, 0.29) is 0 Å². The van der Waals surface area contributed by atoms with Gasteiger partial charge in [-0.25, -0.2) is 0 Å². The maximum Gasteiger partial charge on any atom is 0.0891 e. The number of fused-ring (bicyclic) bond motifs is 3. The third kappa shape index (κ3) is 3.91. The van der Waals surface area contributed by atoms with Gasteiger partial charge in [-0.3, -0.25) is 0 Å². The number of aryl methyl sites for hydroxylation is 1. The molecule has 0 amide bonds. The summed E-state index contributed by atoms with van der Waals surface area (Å²) in [6, 6.07) is 20.8. The van der Waals surface area contributed by atoms with Crippen LogP contribution in [-0.4, -0.2) is 22.3 Å². The summed E-state index contributed by atoms with van der Waals surface area (Å²) in [6.45, 7) is 3.09. The number of anilines is 1. The topological polar surface area (TPSA) is 37.2 Å². The number of nitrogens with zero attached hydrogens (tertiary/aromatic N) is 1. The molecule has 27 heavy (non-hydrogen) atoms. The second-order valence-corrected chi connectivity index (χ2v) is 8.67. The van der Waals surface area contributed by atoms with E-state index in [2.05, 4.69) is 85.1 Å². The zero-order chi connectivity index (χ0) is 19.0. The number of aromatic nitrogens is 1. The van der Waals surface area contributed by atoms with Crippen molar-refractivity contribution in [1.29, 1.82) is 0 Å². The lowest BCUT2D eigenvalue weighted by Gasteiger charge is -2.16. The fourth-order valence-electron chi connectivity index (χ4n) is 3.51. The Labute approximate surface area is 175 Å². The third-order valence-corrected chi connectivity index (χ3v) is 5.73. The van der Waals surface area contributed by atoms with E-state index in [0.717, 1.165) is 25.7 Å². The number of hydrogen-bond acceptors (Lipinski definition) is 2. The molecule has 3 aromatic carbocycles. The van der Waals surface area contributed by atoms with Crippen LogP contribution in [0.15, 0.2) is 69.6 Å². The van der Waals surface area contributed by atoms with Gasteiger partial charge in [0.2, 0.25) is 0 Å². The zero-order valence-corrected chi connectivity index (χ0v) is 18.1. The molecule has 0 aliphatic heterocycles. The number of aliphatic hydroxyl groups is 1. The maximum absolute atomic E-state index is 10.7. The van der Waals surface area contributed by atoms with Crippen LogP contribution in [0.3, 0.4) is 0 Å². The average molecular weight is 488 g/mol. The first-order chi connectivity index (χ1) is 13.0. The van der Waals surface area contributed by atoms with E-state index in [1.807, 2.05) is 24.3 Å². The van der Waals surface area contributed by atoms with Crippen LogP contribution in [0, 0.1) is 6.92 Å². The van der Waals surface area contributed by atoms with Crippen molar-refractivity contribution >= 4 is 59.4 Å². The molecule has 4 rings (SSSR count). The molecule has 2 N–H and O–H groups in total. The Bertz CT molecular complexity index is 1060. The molecular weight excluding hydrogens is 468 g/mol. The Morgan fingerprint density at radius 3 is 2.15 bits per heavy atom. The lowest BCUT2D eigenvalue weighted by atomic mass is 10.2. The van der Waals surface area contributed by atoms with Crippen LogP contribution in [0.25, 0.3) is 21.8 Å². The summed E-state index contributed by atoms with van der Waals surface area (Å²) in [6.07, 6.45) is -0.503. The average Bonchev–Trinajstić information content (AvgIpc) is 2.92. The van der Waals surface area contributed by atoms with Crippen molar-refractivity contribution in [3.05, 3.63) is 75.2 Å². The van der Waals surface area contributed by atoms with Gasteiger partial charge in [0.05, 0.1) is 12.6 Å². The van der Waals surface area contributed by atoms with Gasteiger partial charge in [-0.1, -0.05) is 44.0 Å². The molecule has 0 unspecified atom stereocenters. The summed E-state index contributed by atoms with van der Waals surface area (Å²) in [5.41, 5.74) is 4.49. The first kappa shape index (κ1) is 18.5. The Balaban J connectivity index is 1.64. The third-order valence-electron chi connectivity index (χ3n) is 4.74. The van der Waals surface area contributed by atoms with Gasteiger partial charge in [-0.2, -0.15) is 0 Å². The van der Waals surface area contributed by atoms with E-state index >= 15 is 0 Å². The molecule has 0 bridgehead atoms. The molecule has 0 saturated heterocycles. The van der Waals surface area contributed by atoms with Gasteiger partial charge in [0.15, 0.2) is 0 Å². The first-order valence-electron chi connectivity index (χ1n) is 8.87. The molecule has 1 aromatic heterocycles. The molecule has 0 saturated carbocycles. The summed E-state index contributed by atoms with van der Waals surface area (Å²) in [4.78, 5) is 0. The summed E-state index contributed by atoms with van der Waals surface area (Å²) >= 11 is 7.15. The molecule has 138 valence electrons. The largest absolute Gasteiger partial charge is 0.389 e. The van der Waals surface area contributed by atoms with Gasteiger partial charge in [0.25, 0.3) is 0 Å². The van der Waals surface area contributed by atoms with Crippen molar-refractivity contribution in [3.8, 4) is 0 Å². The lowest BCUT2D eigenvalue weighted by Crippen LogP contribution is -2.24. The summed E-state index contributed by atoms with van der Waals surface area (Å²) in [7, 11) is 0. The van der Waals surface area contributed by atoms with Crippen LogP contribution in [0.5, 0.6) is 0 Å². The van der Waals surface area contributed by atoms with Crippen LogP contribution < -0.4 is 5.32 Å². The fourth-order valence-corrected chi connectivity index (χ4v) is 4.23. The normalized spacial score (nSPS) is 12.6. The predicted molar refractivity (Wildman–Crippen MR) is 121 cm³/mol. The van der Waals surface area contributed by atoms with Crippen LogP contribution in [0.1, 0.15) is 5.56 Å². The minimum absolute atomic E-state index is 0.498. The summed E-state index contributed by atoms with van der Waals surface area (Å²) in [5.74, 6) is 0.